The van der Waals surface area contributed by atoms with Gasteiger partial charge >= 0.3 is 0 Å². The Hall–Kier alpha value is -1.26. The van der Waals surface area contributed by atoms with E-state index in [4.69, 9.17) is 14.3 Å². The molecular formula is C18H16N2Na2O5S. The van der Waals surface area contributed by atoms with E-state index in [0.717, 1.165) is 5.56 Å². The van der Waals surface area contributed by atoms with Crippen molar-refractivity contribution in [2.45, 2.75) is 0 Å². The molecule has 0 atom stereocenters. The molecule has 2 N–H and O–H groups in total. The third-order valence-electron chi connectivity index (χ3n) is 3.51. The molecule has 0 saturated carbocycles. The molecule has 1 amide bonds. The zero-order valence-corrected chi connectivity index (χ0v) is 20.9. The second-order valence-electron chi connectivity index (χ2n) is 5.11. The number of carbonyl (C=O) groups excluding carboxylic acids is 1. The Morgan fingerprint density at radius 2 is 1.79 bits per heavy atom. The minimum Gasteiger partial charge on any atom is -0.507 e. The SMILES string of the molecule is COc1ccc(-c2nc(ONC(=O)c3ccccc3O)cs2)cc1OC.[Na].[Na]. The normalized spacial score (nSPS) is 9.50. The molecule has 7 nitrogen and oxygen atoms in total. The molecule has 0 aliphatic rings. The van der Waals surface area contributed by atoms with Crippen LogP contribution in [0.25, 0.3) is 10.6 Å². The Bertz CT molecular complexity index is 936. The molecule has 2 aromatic carbocycles. The van der Waals surface area contributed by atoms with Crippen LogP contribution in [0.2, 0.25) is 0 Å². The van der Waals surface area contributed by atoms with Crippen LogP contribution in [0.15, 0.2) is 47.8 Å². The minimum absolute atomic E-state index is 0. The number of carbonyl (C=O) groups is 1. The number of phenolic OH excluding ortho intramolecular Hbond substituents is 1. The van der Waals surface area contributed by atoms with Crippen LogP contribution in [-0.2, 0) is 0 Å². The molecule has 0 aliphatic carbocycles. The van der Waals surface area contributed by atoms with E-state index in [1.54, 1.807) is 37.8 Å². The summed E-state index contributed by atoms with van der Waals surface area (Å²) in [6.07, 6.45) is 0. The van der Waals surface area contributed by atoms with Crippen LogP contribution in [0.5, 0.6) is 23.1 Å². The number of nitrogens with zero attached hydrogens (tertiary/aromatic N) is 1. The van der Waals surface area contributed by atoms with Gasteiger partial charge in [0.25, 0.3) is 11.8 Å². The Morgan fingerprint density at radius 3 is 2.46 bits per heavy atom. The molecule has 3 rings (SSSR count). The molecule has 1 heterocycles. The number of phenols is 1. The Kier molecular flexibility index (Phi) is 10.3. The van der Waals surface area contributed by atoms with E-state index in [2.05, 4.69) is 10.5 Å². The van der Waals surface area contributed by atoms with Gasteiger partial charge in [-0.05, 0) is 30.3 Å². The maximum atomic E-state index is 12.0. The number of hydroxylamine groups is 1. The van der Waals surface area contributed by atoms with E-state index in [0.29, 0.717) is 16.5 Å². The van der Waals surface area contributed by atoms with Crippen molar-refractivity contribution in [3.8, 4) is 33.7 Å². The number of rotatable bonds is 6. The summed E-state index contributed by atoms with van der Waals surface area (Å²) < 4.78 is 10.5. The second-order valence-corrected chi connectivity index (χ2v) is 5.97. The summed E-state index contributed by atoms with van der Waals surface area (Å²) in [5, 5.41) is 12.0. The zero-order chi connectivity index (χ0) is 18.5. The van der Waals surface area contributed by atoms with Gasteiger partial charge in [0.1, 0.15) is 10.8 Å². The molecule has 28 heavy (non-hydrogen) atoms. The molecule has 1 aromatic heterocycles. The van der Waals surface area contributed by atoms with E-state index in [9.17, 15) is 9.90 Å². The number of benzene rings is 2. The van der Waals surface area contributed by atoms with Gasteiger partial charge < -0.3 is 19.4 Å². The van der Waals surface area contributed by atoms with Gasteiger partial charge in [-0.1, -0.05) is 12.1 Å². The number of para-hydroxylation sites is 1. The predicted octanol–water partition coefficient (Wildman–Crippen LogP) is 2.50. The van der Waals surface area contributed by atoms with Crippen molar-refractivity contribution in [2.24, 2.45) is 0 Å². The van der Waals surface area contributed by atoms with E-state index in [1.165, 1.54) is 23.5 Å². The third-order valence-corrected chi connectivity index (χ3v) is 4.38. The molecule has 0 bridgehead atoms. The average molecular weight is 418 g/mol. The summed E-state index contributed by atoms with van der Waals surface area (Å²) in [4.78, 5) is 21.6. The summed E-state index contributed by atoms with van der Waals surface area (Å²) >= 11 is 1.35. The van der Waals surface area contributed by atoms with Crippen molar-refractivity contribution in [3.05, 3.63) is 53.4 Å². The quantitative estimate of drug-likeness (QED) is 0.472. The van der Waals surface area contributed by atoms with Crippen LogP contribution in [0, 0.1) is 0 Å². The van der Waals surface area contributed by atoms with Crippen LogP contribution < -0.4 is 19.8 Å². The molecule has 3 aromatic rings. The van der Waals surface area contributed by atoms with Gasteiger partial charge in [-0.25, -0.2) is 0 Å². The van der Waals surface area contributed by atoms with Crippen molar-refractivity contribution in [2.75, 3.05) is 14.2 Å². The average Bonchev–Trinajstić information content (AvgIpc) is 3.15. The van der Waals surface area contributed by atoms with Crippen molar-refractivity contribution >= 4 is 76.4 Å². The van der Waals surface area contributed by atoms with Crippen molar-refractivity contribution in [1.82, 2.24) is 10.5 Å². The van der Waals surface area contributed by atoms with E-state index in [-0.39, 0.29) is 76.3 Å². The van der Waals surface area contributed by atoms with Gasteiger partial charge in [-0.2, -0.15) is 10.5 Å². The van der Waals surface area contributed by atoms with Gasteiger partial charge in [0.05, 0.1) is 25.2 Å². The van der Waals surface area contributed by atoms with E-state index >= 15 is 0 Å². The van der Waals surface area contributed by atoms with Crippen LogP contribution >= 0.6 is 11.3 Å². The first-order chi connectivity index (χ1) is 12.6. The number of hydrogen-bond acceptors (Lipinski definition) is 7. The van der Waals surface area contributed by atoms with Gasteiger partial charge in [-0.15, -0.1) is 11.3 Å². The molecule has 0 saturated heterocycles. The largest absolute Gasteiger partial charge is 0.507 e. The number of thiazole rings is 1. The summed E-state index contributed by atoms with van der Waals surface area (Å²) in [5.41, 5.74) is 3.20. The molecule has 0 aliphatic heterocycles. The Balaban J connectivity index is 0.00000196. The fourth-order valence-corrected chi connectivity index (χ4v) is 2.95. The number of nitrogens with one attached hydrogen (secondary N) is 1. The van der Waals surface area contributed by atoms with Gasteiger partial charge in [0, 0.05) is 64.7 Å². The first-order valence-corrected chi connectivity index (χ1v) is 8.43. The molecular weight excluding hydrogens is 402 g/mol. The van der Waals surface area contributed by atoms with E-state index in [1.807, 2.05) is 12.1 Å². The molecule has 0 unspecified atom stereocenters. The number of aromatic hydroxyl groups is 1. The van der Waals surface area contributed by atoms with Crippen LogP contribution in [0.3, 0.4) is 0 Å². The molecule has 2 radical (unpaired) electrons. The number of amides is 1. The predicted molar refractivity (Wildman–Crippen MR) is 108 cm³/mol. The second kappa shape index (κ2) is 11.7. The van der Waals surface area contributed by atoms with Gasteiger partial charge in [-0.3, -0.25) is 4.79 Å². The smallest absolute Gasteiger partial charge is 0.287 e. The number of ether oxygens (including phenoxy) is 2. The molecule has 0 spiro atoms. The summed E-state index contributed by atoms with van der Waals surface area (Å²) in [6.45, 7) is 0. The number of hydrogen-bond donors (Lipinski definition) is 2. The third kappa shape index (κ3) is 5.87. The summed E-state index contributed by atoms with van der Waals surface area (Å²) in [7, 11) is 3.13. The summed E-state index contributed by atoms with van der Waals surface area (Å²) in [6, 6.07) is 11.6. The zero-order valence-electron chi connectivity index (χ0n) is 16.1. The first kappa shape index (κ1) is 24.8. The maximum Gasteiger partial charge on any atom is 0.287 e. The topological polar surface area (TPSA) is 89.9 Å². The summed E-state index contributed by atoms with van der Waals surface area (Å²) in [5.74, 6) is 0.764. The Labute approximate surface area is 210 Å². The minimum atomic E-state index is -0.566. The number of methoxy groups -OCH3 is 2. The first-order valence-electron chi connectivity index (χ1n) is 7.55. The van der Waals surface area contributed by atoms with Crippen LogP contribution in [0.1, 0.15) is 10.4 Å². The molecule has 0 fully saturated rings. The Morgan fingerprint density at radius 1 is 1.07 bits per heavy atom. The van der Waals surface area contributed by atoms with Crippen molar-refractivity contribution in [3.63, 3.8) is 0 Å². The fourth-order valence-electron chi connectivity index (χ4n) is 2.23. The van der Waals surface area contributed by atoms with Crippen molar-refractivity contribution in [1.29, 1.82) is 0 Å². The molecule has 10 heteroatoms. The maximum absolute atomic E-state index is 12.0. The standard InChI is InChI=1S/C18H16N2O5S.2Na/c1-23-14-8-7-11(9-15(14)24-2)18-19-16(10-26-18)25-20-17(22)12-5-3-4-6-13(12)21;;/h3-10,21H,1-2H3,(H,20,22);;. The monoisotopic (exact) mass is 418 g/mol. The van der Waals surface area contributed by atoms with Gasteiger partial charge in [0.2, 0.25) is 0 Å². The van der Waals surface area contributed by atoms with Crippen molar-refractivity contribution < 1.29 is 24.2 Å². The number of aromatic nitrogens is 1. The van der Waals surface area contributed by atoms with E-state index < -0.39 is 5.91 Å². The van der Waals surface area contributed by atoms with Gasteiger partial charge in [0.15, 0.2) is 11.5 Å². The van der Waals surface area contributed by atoms with Crippen LogP contribution in [0.4, 0.5) is 0 Å². The fraction of sp³-hybridized carbons (Fsp3) is 0.111. The van der Waals surface area contributed by atoms with Crippen LogP contribution in [-0.4, -0.2) is 89.3 Å². The molecule has 136 valence electrons.